The van der Waals surface area contributed by atoms with Crippen molar-refractivity contribution < 1.29 is 9.62 Å². The molecule has 1 rings (SSSR count). The second-order valence-corrected chi connectivity index (χ2v) is 3.15. The molecule has 0 aliphatic heterocycles. The molecule has 2 atom stereocenters. The maximum absolute atomic E-state index is 8.45. The third kappa shape index (κ3) is 2.50. The second-order valence-electron chi connectivity index (χ2n) is 3.15. The molecule has 1 heterocycles. The van der Waals surface area contributed by atoms with Crippen LogP contribution in [0.25, 0.3) is 0 Å². The summed E-state index contributed by atoms with van der Waals surface area (Å²) in [5, 5.41) is 14.5. The number of oxime groups is 1. The Hall–Kier alpha value is -1.49. The van der Waals surface area contributed by atoms with Crippen LogP contribution < -0.4 is 11.1 Å². The fourth-order valence-electron chi connectivity index (χ4n) is 1.17. The zero-order chi connectivity index (χ0) is 10.6. The lowest BCUT2D eigenvalue weighted by molar-refractivity contribution is 0.313. The van der Waals surface area contributed by atoms with Crippen molar-refractivity contribution in [2.75, 3.05) is 0 Å². The molecule has 0 aromatic carbocycles. The number of rotatable bonds is 4. The van der Waals surface area contributed by atoms with E-state index in [2.05, 4.69) is 10.5 Å². The van der Waals surface area contributed by atoms with E-state index in [1.165, 1.54) is 0 Å². The lowest BCUT2D eigenvalue weighted by Gasteiger charge is -2.16. The minimum atomic E-state index is -0.194. The van der Waals surface area contributed by atoms with E-state index in [-0.39, 0.29) is 17.9 Å². The van der Waals surface area contributed by atoms with Gasteiger partial charge in [-0.1, -0.05) is 5.16 Å². The molecular formula is C9H15N3O2. The fraction of sp³-hybridized carbons (Fsp3) is 0.444. The quantitative estimate of drug-likeness (QED) is 0.292. The van der Waals surface area contributed by atoms with Crippen molar-refractivity contribution in [2.45, 2.75) is 25.9 Å². The molecule has 4 N–H and O–H groups in total. The topological polar surface area (TPSA) is 83.8 Å². The molecule has 78 valence electrons. The van der Waals surface area contributed by atoms with Crippen molar-refractivity contribution in [3.05, 3.63) is 24.2 Å². The Morgan fingerprint density at radius 1 is 1.64 bits per heavy atom. The summed E-state index contributed by atoms with van der Waals surface area (Å²) >= 11 is 0. The third-order valence-electron chi connectivity index (χ3n) is 2.03. The summed E-state index contributed by atoms with van der Waals surface area (Å²) in [6.45, 7) is 3.76. The second kappa shape index (κ2) is 4.66. The van der Waals surface area contributed by atoms with E-state index in [0.29, 0.717) is 0 Å². The van der Waals surface area contributed by atoms with Gasteiger partial charge >= 0.3 is 0 Å². The Morgan fingerprint density at radius 3 is 2.86 bits per heavy atom. The van der Waals surface area contributed by atoms with Crippen LogP contribution in [-0.2, 0) is 0 Å². The number of nitrogens with zero attached hydrogens (tertiary/aromatic N) is 1. The predicted octanol–water partition coefficient (Wildman–Crippen LogP) is 1.07. The lowest BCUT2D eigenvalue weighted by atomic mass is 10.2. The summed E-state index contributed by atoms with van der Waals surface area (Å²) in [5.74, 6) is 0.978. The predicted molar refractivity (Wildman–Crippen MR) is 53.1 cm³/mol. The highest BCUT2D eigenvalue weighted by Gasteiger charge is 2.13. The SMILES string of the molecule is CC(N[C@H](C)c1ccco1)/C(N)=N/O. The van der Waals surface area contributed by atoms with Crippen LogP contribution in [0.3, 0.4) is 0 Å². The van der Waals surface area contributed by atoms with Crippen molar-refractivity contribution in [3.63, 3.8) is 0 Å². The maximum atomic E-state index is 8.45. The molecule has 0 saturated heterocycles. The van der Waals surface area contributed by atoms with Crippen LogP contribution >= 0.6 is 0 Å². The zero-order valence-corrected chi connectivity index (χ0v) is 8.27. The van der Waals surface area contributed by atoms with Crippen LogP contribution in [-0.4, -0.2) is 17.1 Å². The van der Waals surface area contributed by atoms with Gasteiger partial charge in [0, 0.05) is 0 Å². The Bertz CT molecular complexity index is 295. The summed E-state index contributed by atoms with van der Waals surface area (Å²) in [4.78, 5) is 0. The van der Waals surface area contributed by atoms with Gasteiger partial charge in [-0.05, 0) is 26.0 Å². The normalized spacial score (nSPS) is 16.6. The van der Waals surface area contributed by atoms with Crippen molar-refractivity contribution in [2.24, 2.45) is 10.9 Å². The molecule has 1 aromatic heterocycles. The fourth-order valence-corrected chi connectivity index (χ4v) is 1.17. The van der Waals surface area contributed by atoms with Crippen LogP contribution in [0.15, 0.2) is 28.0 Å². The molecule has 0 spiro atoms. The summed E-state index contributed by atoms with van der Waals surface area (Å²) in [6.07, 6.45) is 1.61. The van der Waals surface area contributed by atoms with Crippen LogP contribution in [0.2, 0.25) is 0 Å². The number of nitrogens with two attached hydrogens (primary N) is 1. The highest BCUT2D eigenvalue weighted by Crippen LogP contribution is 2.12. The molecule has 14 heavy (non-hydrogen) atoms. The van der Waals surface area contributed by atoms with E-state index in [0.717, 1.165) is 5.76 Å². The molecule has 0 radical (unpaired) electrons. The van der Waals surface area contributed by atoms with Crippen LogP contribution in [0, 0.1) is 0 Å². The molecule has 1 unspecified atom stereocenters. The standard InChI is InChI=1S/C9H15N3O2/c1-6(8-4-3-5-14-8)11-7(2)9(10)12-13/h3-7,11,13H,1-2H3,(H2,10,12)/t6-,7?/m1/s1. The molecule has 0 aliphatic carbocycles. The molecule has 0 saturated carbocycles. The van der Waals surface area contributed by atoms with Gasteiger partial charge in [0.15, 0.2) is 5.84 Å². The van der Waals surface area contributed by atoms with Crippen LogP contribution in [0.4, 0.5) is 0 Å². The van der Waals surface area contributed by atoms with Gasteiger partial charge in [0.2, 0.25) is 0 Å². The van der Waals surface area contributed by atoms with Gasteiger partial charge in [-0.15, -0.1) is 0 Å². The first-order chi connectivity index (χ1) is 6.65. The molecule has 0 fully saturated rings. The van der Waals surface area contributed by atoms with E-state index in [9.17, 15) is 0 Å². The Balaban J connectivity index is 2.53. The Kier molecular flexibility index (Phi) is 3.53. The van der Waals surface area contributed by atoms with Gasteiger partial charge in [0.25, 0.3) is 0 Å². The summed E-state index contributed by atoms with van der Waals surface area (Å²) in [6, 6.07) is 3.53. The van der Waals surface area contributed by atoms with E-state index in [1.807, 2.05) is 26.0 Å². The average Bonchev–Trinajstić information content (AvgIpc) is 2.69. The average molecular weight is 197 g/mol. The highest BCUT2D eigenvalue weighted by atomic mass is 16.4. The molecule has 0 bridgehead atoms. The van der Waals surface area contributed by atoms with E-state index >= 15 is 0 Å². The lowest BCUT2D eigenvalue weighted by Crippen LogP contribution is -2.40. The number of nitrogens with one attached hydrogen (secondary N) is 1. The van der Waals surface area contributed by atoms with Crippen LogP contribution in [0.5, 0.6) is 0 Å². The minimum absolute atomic E-state index is 0.0281. The van der Waals surface area contributed by atoms with Crippen LogP contribution in [0.1, 0.15) is 25.6 Å². The zero-order valence-electron chi connectivity index (χ0n) is 8.27. The Morgan fingerprint density at radius 2 is 2.36 bits per heavy atom. The molecule has 0 amide bonds. The first-order valence-corrected chi connectivity index (χ1v) is 4.42. The summed E-state index contributed by atoms with van der Waals surface area (Å²) < 4.78 is 5.20. The number of hydrogen-bond donors (Lipinski definition) is 3. The first kappa shape index (κ1) is 10.6. The van der Waals surface area contributed by atoms with E-state index in [4.69, 9.17) is 15.4 Å². The Labute approximate surface area is 82.6 Å². The van der Waals surface area contributed by atoms with E-state index in [1.54, 1.807) is 6.26 Å². The maximum Gasteiger partial charge on any atom is 0.156 e. The van der Waals surface area contributed by atoms with Gasteiger partial charge in [0.05, 0.1) is 18.3 Å². The first-order valence-electron chi connectivity index (χ1n) is 4.42. The monoisotopic (exact) mass is 197 g/mol. The van der Waals surface area contributed by atoms with Crippen molar-refractivity contribution in [1.29, 1.82) is 0 Å². The number of furan rings is 1. The minimum Gasteiger partial charge on any atom is -0.468 e. The van der Waals surface area contributed by atoms with Crippen molar-refractivity contribution >= 4 is 5.84 Å². The summed E-state index contributed by atoms with van der Waals surface area (Å²) in [5.41, 5.74) is 5.43. The highest BCUT2D eigenvalue weighted by molar-refractivity contribution is 5.84. The van der Waals surface area contributed by atoms with Gasteiger partial charge in [-0.2, -0.15) is 0 Å². The van der Waals surface area contributed by atoms with Crippen molar-refractivity contribution in [1.82, 2.24) is 5.32 Å². The molecule has 0 aliphatic rings. The van der Waals surface area contributed by atoms with Gasteiger partial charge in [0.1, 0.15) is 5.76 Å². The van der Waals surface area contributed by atoms with Gasteiger partial charge in [-0.25, -0.2) is 0 Å². The van der Waals surface area contributed by atoms with E-state index < -0.39 is 0 Å². The largest absolute Gasteiger partial charge is 0.468 e. The van der Waals surface area contributed by atoms with Crippen molar-refractivity contribution in [3.8, 4) is 0 Å². The number of amidine groups is 1. The molecular weight excluding hydrogens is 182 g/mol. The number of hydrogen-bond acceptors (Lipinski definition) is 4. The van der Waals surface area contributed by atoms with Gasteiger partial charge in [-0.3, -0.25) is 5.32 Å². The molecule has 5 heteroatoms. The summed E-state index contributed by atoms with van der Waals surface area (Å²) in [7, 11) is 0. The molecule has 1 aromatic rings. The molecule has 5 nitrogen and oxygen atoms in total. The smallest absolute Gasteiger partial charge is 0.156 e. The third-order valence-corrected chi connectivity index (χ3v) is 2.03. The van der Waals surface area contributed by atoms with Gasteiger partial charge < -0.3 is 15.4 Å².